The molecule has 1 aromatic rings. The smallest absolute Gasteiger partial charge is 0.285 e. The van der Waals surface area contributed by atoms with Crippen LogP contribution in [0.15, 0.2) is 12.1 Å². The molecule has 0 atom stereocenters. The molecule has 1 aliphatic heterocycles. The maximum Gasteiger partial charge on any atom is 0.285 e. The number of quaternary nitrogens is 1. The summed E-state index contributed by atoms with van der Waals surface area (Å²) in [5.74, 6) is 0.223. The molecule has 1 saturated carbocycles. The third-order valence-electron chi connectivity index (χ3n) is 6.27. The summed E-state index contributed by atoms with van der Waals surface area (Å²) in [5.41, 5.74) is 2.83. The van der Waals surface area contributed by atoms with Crippen molar-refractivity contribution >= 4 is 23.2 Å². The van der Waals surface area contributed by atoms with Gasteiger partial charge in [0.2, 0.25) is 0 Å². The first-order valence-electron chi connectivity index (χ1n) is 8.88. The Morgan fingerprint density at radius 3 is 2.12 bits per heavy atom. The van der Waals surface area contributed by atoms with Crippen LogP contribution in [0.3, 0.4) is 0 Å². The summed E-state index contributed by atoms with van der Waals surface area (Å²) in [6.07, 6.45) is 5.73. The number of hydrogen-bond acceptors (Lipinski definition) is 1. The summed E-state index contributed by atoms with van der Waals surface area (Å²) in [6, 6.07) is 3.86. The normalized spacial score (nSPS) is 20.8. The standard InChI is InChI=1S/C19H27ClN2O.Y/c1-4-22(10-5-6-11-22)19(8-7-9-19)18(23)21-17-14(2)12-16(20)13-15(17)3;/h12-13H,4-11H2,1-3H3;/p+1. The van der Waals surface area contributed by atoms with E-state index in [1.807, 2.05) is 26.0 Å². The molecular formula is C19H28ClN2OY+. The minimum Gasteiger partial charge on any atom is -0.320 e. The number of amides is 1. The summed E-state index contributed by atoms with van der Waals surface area (Å²) in [6.45, 7) is 9.65. The SMILES string of the molecule is CC[N+]1(C2(C(=O)Nc3c(C)cc(Cl)cc3C)CCC2)CCCC1.[Y]. The van der Waals surface area contributed by atoms with Gasteiger partial charge in [-0.15, -0.1) is 0 Å². The number of aryl methyl sites for hydroxylation is 2. The van der Waals surface area contributed by atoms with Crippen LogP contribution in [0, 0.1) is 13.8 Å². The van der Waals surface area contributed by atoms with E-state index >= 15 is 0 Å². The van der Waals surface area contributed by atoms with E-state index in [9.17, 15) is 4.79 Å². The fourth-order valence-electron chi connectivity index (χ4n) is 4.75. The van der Waals surface area contributed by atoms with Crippen LogP contribution in [0.1, 0.15) is 50.2 Å². The quantitative estimate of drug-likeness (QED) is 0.711. The number of likely N-dealkylation sites (N-methyl/N-ethyl adjacent to an activating group) is 1. The number of anilines is 1. The largest absolute Gasteiger partial charge is 0.320 e. The number of likely N-dealkylation sites (tertiary alicyclic amines) is 1. The molecule has 129 valence electrons. The Morgan fingerprint density at radius 2 is 1.71 bits per heavy atom. The number of nitrogens with zero attached hydrogens (tertiary/aromatic N) is 1. The number of halogens is 1. The van der Waals surface area contributed by atoms with Gasteiger partial charge in [-0.3, -0.25) is 4.79 Å². The van der Waals surface area contributed by atoms with Crippen molar-refractivity contribution in [2.75, 3.05) is 25.0 Å². The van der Waals surface area contributed by atoms with Crippen molar-refractivity contribution in [1.82, 2.24) is 0 Å². The Bertz CT molecular complexity index is 599. The van der Waals surface area contributed by atoms with Gasteiger partial charge in [-0.2, -0.15) is 0 Å². The molecule has 1 radical (unpaired) electrons. The molecular weight excluding hydrogens is 397 g/mol. The first kappa shape index (κ1) is 20.4. The van der Waals surface area contributed by atoms with E-state index in [1.54, 1.807) is 0 Å². The van der Waals surface area contributed by atoms with E-state index in [1.165, 1.54) is 19.3 Å². The van der Waals surface area contributed by atoms with Crippen LogP contribution in [-0.4, -0.2) is 35.6 Å². The van der Waals surface area contributed by atoms with Crippen LogP contribution >= 0.6 is 11.6 Å². The molecule has 2 aliphatic rings. The van der Waals surface area contributed by atoms with Gasteiger partial charge in [0.1, 0.15) is 0 Å². The van der Waals surface area contributed by atoms with Gasteiger partial charge in [0.25, 0.3) is 5.91 Å². The van der Waals surface area contributed by atoms with E-state index in [-0.39, 0.29) is 44.2 Å². The Labute approximate surface area is 176 Å². The predicted octanol–water partition coefficient (Wildman–Crippen LogP) is 4.45. The molecule has 1 aliphatic carbocycles. The number of nitrogens with one attached hydrogen (secondary N) is 1. The second-order valence-electron chi connectivity index (χ2n) is 7.37. The summed E-state index contributed by atoms with van der Waals surface area (Å²) in [4.78, 5) is 13.3. The zero-order valence-corrected chi connectivity index (χ0v) is 18.7. The van der Waals surface area contributed by atoms with Crippen LogP contribution in [0.5, 0.6) is 0 Å². The van der Waals surface area contributed by atoms with E-state index in [0.29, 0.717) is 0 Å². The van der Waals surface area contributed by atoms with Crippen LogP contribution in [0.2, 0.25) is 5.02 Å². The van der Waals surface area contributed by atoms with Gasteiger partial charge in [0.15, 0.2) is 5.54 Å². The second-order valence-corrected chi connectivity index (χ2v) is 7.81. The van der Waals surface area contributed by atoms with Crippen molar-refractivity contribution in [2.45, 2.75) is 58.4 Å². The first-order valence-corrected chi connectivity index (χ1v) is 9.26. The van der Waals surface area contributed by atoms with E-state index in [4.69, 9.17) is 11.6 Å². The van der Waals surface area contributed by atoms with Gasteiger partial charge in [0, 0.05) is 69.1 Å². The Kier molecular flexibility index (Phi) is 6.56. The molecule has 0 unspecified atom stereocenters. The molecule has 3 rings (SSSR count). The summed E-state index contributed by atoms with van der Waals surface area (Å²) >= 11 is 6.12. The van der Waals surface area contributed by atoms with Crippen molar-refractivity contribution in [2.24, 2.45) is 0 Å². The van der Waals surface area contributed by atoms with Crippen LogP contribution in [0.25, 0.3) is 0 Å². The molecule has 5 heteroatoms. The predicted molar refractivity (Wildman–Crippen MR) is 95.9 cm³/mol. The van der Waals surface area contributed by atoms with Crippen molar-refractivity contribution in [1.29, 1.82) is 0 Å². The molecule has 0 spiro atoms. The molecule has 24 heavy (non-hydrogen) atoms. The fourth-order valence-corrected chi connectivity index (χ4v) is 5.08. The number of carbonyl (C=O) groups excluding carboxylic acids is 1. The third kappa shape index (κ3) is 3.22. The molecule has 2 fully saturated rings. The zero-order valence-electron chi connectivity index (χ0n) is 15.1. The Morgan fingerprint density at radius 1 is 1.17 bits per heavy atom. The molecule has 1 heterocycles. The van der Waals surface area contributed by atoms with Gasteiger partial charge in [-0.1, -0.05) is 11.6 Å². The molecule has 1 saturated heterocycles. The van der Waals surface area contributed by atoms with Crippen LogP contribution in [-0.2, 0) is 37.5 Å². The van der Waals surface area contributed by atoms with E-state index in [0.717, 1.165) is 58.8 Å². The van der Waals surface area contributed by atoms with Crippen molar-refractivity contribution in [3.8, 4) is 0 Å². The minimum absolute atomic E-state index is 0. The monoisotopic (exact) mass is 424 g/mol. The topological polar surface area (TPSA) is 29.1 Å². The van der Waals surface area contributed by atoms with Gasteiger partial charge in [-0.25, -0.2) is 0 Å². The molecule has 0 aromatic heterocycles. The average molecular weight is 425 g/mol. The van der Waals surface area contributed by atoms with Crippen molar-refractivity contribution < 1.29 is 42.0 Å². The van der Waals surface area contributed by atoms with Crippen molar-refractivity contribution in [3.63, 3.8) is 0 Å². The molecule has 0 bridgehead atoms. The maximum atomic E-state index is 13.3. The van der Waals surface area contributed by atoms with Gasteiger partial charge in [0.05, 0.1) is 19.6 Å². The van der Waals surface area contributed by atoms with Gasteiger partial charge >= 0.3 is 0 Å². The second kappa shape index (κ2) is 7.74. The Hall–Kier alpha value is 0.0439. The maximum absolute atomic E-state index is 13.3. The Balaban J connectivity index is 0.00000208. The number of rotatable bonds is 4. The summed E-state index contributed by atoms with van der Waals surface area (Å²) in [7, 11) is 0. The number of carbonyl (C=O) groups is 1. The average Bonchev–Trinajstić information content (AvgIpc) is 2.91. The van der Waals surface area contributed by atoms with Crippen LogP contribution in [0.4, 0.5) is 5.69 Å². The molecule has 1 N–H and O–H groups in total. The van der Waals surface area contributed by atoms with Crippen molar-refractivity contribution in [3.05, 3.63) is 28.3 Å². The summed E-state index contributed by atoms with van der Waals surface area (Å²) in [5, 5.41) is 4.00. The summed E-state index contributed by atoms with van der Waals surface area (Å²) < 4.78 is 0.991. The number of benzene rings is 1. The number of hydrogen-bond donors (Lipinski definition) is 1. The molecule has 1 aromatic carbocycles. The third-order valence-corrected chi connectivity index (χ3v) is 6.49. The van der Waals surface area contributed by atoms with E-state index < -0.39 is 0 Å². The molecule has 3 nitrogen and oxygen atoms in total. The zero-order chi connectivity index (χ0) is 16.7. The van der Waals surface area contributed by atoms with Gasteiger partial charge < -0.3 is 9.80 Å². The molecule has 1 amide bonds. The van der Waals surface area contributed by atoms with Gasteiger partial charge in [-0.05, 0) is 50.5 Å². The fraction of sp³-hybridized carbons (Fsp3) is 0.632. The van der Waals surface area contributed by atoms with E-state index in [2.05, 4.69) is 12.2 Å². The minimum atomic E-state index is -0.205. The first-order chi connectivity index (χ1) is 10.9. The van der Waals surface area contributed by atoms with Crippen LogP contribution < -0.4 is 5.32 Å².